The number of hydrogen-bond acceptors (Lipinski definition) is 1. The highest BCUT2D eigenvalue weighted by atomic mass is 35.5. The summed E-state index contributed by atoms with van der Waals surface area (Å²) in [6.07, 6.45) is 3.45. The van der Waals surface area contributed by atoms with Crippen molar-refractivity contribution in [2.45, 2.75) is 44.4 Å². The average molecular weight is 300 g/mol. The Bertz CT molecular complexity index is 436. The Labute approximate surface area is 123 Å². The first kappa shape index (κ1) is 16.4. The zero-order valence-corrected chi connectivity index (χ0v) is 13.4. The van der Waals surface area contributed by atoms with Gasteiger partial charge in [-0.05, 0) is 51.3 Å². The lowest BCUT2D eigenvalue weighted by atomic mass is 10.0. The van der Waals surface area contributed by atoms with E-state index in [0.29, 0.717) is 0 Å². The lowest BCUT2D eigenvalue weighted by Crippen LogP contribution is -2.40. The molecule has 0 aromatic heterocycles. The van der Waals surface area contributed by atoms with Crippen LogP contribution < -0.4 is 4.72 Å². The first-order valence-electron chi connectivity index (χ1n) is 6.36. The smallest absolute Gasteiger partial charge is 0.0972 e. The number of hydrogen-bond donors (Lipinski definition) is 1. The van der Waals surface area contributed by atoms with Crippen LogP contribution in [0.25, 0.3) is 0 Å². The summed E-state index contributed by atoms with van der Waals surface area (Å²) in [5.41, 5.74) is 1.18. The normalized spacial score (nSPS) is 14.9. The van der Waals surface area contributed by atoms with E-state index in [1.165, 1.54) is 5.56 Å². The SMILES string of the molecule is C=CC[C@H](Cc1ccc(Cl)cc1)NS(=O)C(C)(C)C. The van der Waals surface area contributed by atoms with Gasteiger partial charge in [0.1, 0.15) is 0 Å². The Balaban J connectivity index is 2.70. The Morgan fingerprint density at radius 1 is 1.37 bits per heavy atom. The number of rotatable bonds is 6. The number of benzene rings is 1. The summed E-state index contributed by atoms with van der Waals surface area (Å²) in [6.45, 7) is 9.65. The van der Waals surface area contributed by atoms with Gasteiger partial charge in [0.25, 0.3) is 0 Å². The quantitative estimate of drug-likeness (QED) is 0.794. The van der Waals surface area contributed by atoms with E-state index in [2.05, 4.69) is 11.3 Å². The molecule has 0 fully saturated rings. The standard InChI is InChI=1S/C15H22ClNOS/c1-5-6-14(17-19(18)15(2,3)4)11-12-7-9-13(16)10-8-12/h5,7-10,14,17H,1,6,11H2,2-4H3/t14-,19?/m1/s1. The van der Waals surface area contributed by atoms with Crippen molar-refractivity contribution in [1.82, 2.24) is 4.72 Å². The van der Waals surface area contributed by atoms with Crippen LogP contribution in [-0.4, -0.2) is 15.0 Å². The molecule has 0 radical (unpaired) electrons. The van der Waals surface area contributed by atoms with Gasteiger partial charge in [0.2, 0.25) is 0 Å². The third-order valence-electron chi connectivity index (χ3n) is 2.68. The molecule has 1 aromatic carbocycles. The maximum Gasteiger partial charge on any atom is 0.0972 e. The van der Waals surface area contributed by atoms with E-state index >= 15 is 0 Å². The Morgan fingerprint density at radius 3 is 2.42 bits per heavy atom. The zero-order valence-electron chi connectivity index (χ0n) is 11.8. The highest BCUT2D eigenvalue weighted by molar-refractivity contribution is 7.84. The second kappa shape index (κ2) is 7.22. The highest BCUT2D eigenvalue weighted by Gasteiger charge is 2.22. The molecule has 1 unspecified atom stereocenters. The second-order valence-electron chi connectivity index (χ2n) is 5.55. The molecule has 0 aliphatic rings. The van der Waals surface area contributed by atoms with Gasteiger partial charge in [-0.1, -0.05) is 29.8 Å². The van der Waals surface area contributed by atoms with Crippen LogP contribution >= 0.6 is 11.6 Å². The van der Waals surface area contributed by atoms with Gasteiger partial charge in [-0.3, -0.25) is 0 Å². The van der Waals surface area contributed by atoms with E-state index in [1.54, 1.807) is 0 Å². The van der Waals surface area contributed by atoms with Crippen LogP contribution in [0.3, 0.4) is 0 Å². The second-order valence-corrected chi connectivity index (χ2v) is 7.99. The van der Waals surface area contributed by atoms with Crippen molar-refractivity contribution < 1.29 is 4.21 Å². The van der Waals surface area contributed by atoms with Gasteiger partial charge in [0.05, 0.1) is 15.7 Å². The summed E-state index contributed by atoms with van der Waals surface area (Å²) in [5, 5.41) is 0.732. The zero-order chi connectivity index (χ0) is 14.5. The molecular weight excluding hydrogens is 278 g/mol. The molecule has 1 rings (SSSR count). The molecule has 0 spiro atoms. The van der Waals surface area contributed by atoms with Crippen molar-refractivity contribution >= 4 is 22.6 Å². The van der Waals surface area contributed by atoms with Crippen molar-refractivity contribution in [3.63, 3.8) is 0 Å². The first-order chi connectivity index (χ1) is 8.82. The fourth-order valence-electron chi connectivity index (χ4n) is 1.61. The molecule has 0 aliphatic heterocycles. The monoisotopic (exact) mass is 299 g/mol. The molecule has 0 amide bonds. The maximum absolute atomic E-state index is 12.1. The lowest BCUT2D eigenvalue weighted by Gasteiger charge is -2.23. The fraction of sp³-hybridized carbons (Fsp3) is 0.467. The fourth-order valence-corrected chi connectivity index (χ4v) is 2.57. The maximum atomic E-state index is 12.1. The Morgan fingerprint density at radius 2 is 1.95 bits per heavy atom. The van der Waals surface area contributed by atoms with Crippen LogP contribution in [-0.2, 0) is 17.4 Å². The van der Waals surface area contributed by atoms with Crippen molar-refractivity contribution in [3.8, 4) is 0 Å². The number of nitrogens with one attached hydrogen (secondary N) is 1. The summed E-state index contributed by atoms with van der Waals surface area (Å²) < 4.78 is 15.1. The minimum Gasteiger partial charge on any atom is -0.242 e. The summed E-state index contributed by atoms with van der Waals surface area (Å²) in [5.74, 6) is 0. The predicted octanol–water partition coefficient (Wildman–Crippen LogP) is 3.88. The topological polar surface area (TPSA) is 29.1 Å². The lowest BCUT2D eigenvalue weighted by molar-refractivity contribution is 0.583. The van der Waals surface area contributed by atoms with E-state index in [1.807, 2.05) is 51.1 Å². The largest absolute Gasteiger partial charge is 0.242 e. The van der Waals surface area contributed by atoms with Crippen LogP contribution in [0, 0.1) is 0 Å². The molecule has 0 aliphatic carbocycles. The van der Waals surface area contributed by atoms with Crippen molar-refractivity contribution in [2.24, 2.45) is 0 Å². The molecule has 19 heavy (non-hydrogen) atoms. The van der Waals surface area contributed by atoms with Crippen molar-refractivity contribution in [2.75, 3.05) is 0 Å². The predicted molar refractivity (Wildman–Crippen MR) is 84.8 cm³/mol. The van der Waals surface area contributed by atoms with Gasteiger partial charge < -0.3 is 0 Å². The van der Waals surface area contributed by atoms with Crippen LogP contribution in [0.1, 0.15) is 32.8 Å². The van der Waals surface area contributed by atoms with Gasteiger partial charge in [-0.15, -0.1) is 6.58 Å². The molecular formula is C15H22ClNOS. The van der Waals surface area contributed by atoms with Gasteiger partial charge in [-0.25, -0.2) is 8.93 Å². The Hall–Kier alpha value is -0.640. The van der Waals surface area contributed by atoms with E-state index in [-0.39, 0.29) is 10.8 Å². The van der Waals surface area contributed by atoms with Crippen LogP contribution in [0.5, 0.6) is 0 Å². The van der Waals surface area contributed by atoms with E-state index < -0.39 is 11.0 Å². The number of halogens is 1. The summed E-state index contributed by atoms with van der Waals surface area (Å²) in [6, 6.07) is 7.88. The van der Waals surface area contributed by atoms with Crippen molar-refractivity contribution in [3.05, 3.63) is 47.5 Å². The highest BCUT2D eigenvalue weighted by Crippen LogP contribution is 2.15. The van der Waals surface area contributed by atoms with Crippen molar-refractivity contribution in [1.29, 1.82) is 0 Å². The van der Waals surface area contributed by atoms with Crippen LogP contribution in [0.4, 0.5) is 0 Å². The van der Waals surface area contributed by atoms with Crippen LogP contribution in [0.2, 0.25) is 5.02 Å². The third-order valence-corrected chi connectivity index (χ3v) is 4.59. The molecule has 1 N–H and O–H groups in total. The van der Waals surface area contributed by atoms with Crippen LogP contribution in [0.15, 0.2) is 36.9 Å². The summed E-state index contributed by atoms with van der Waals surface area (Å²) in [4.78, 5) is 0. The Kier molecular flexibility index (Phi) is 6.24. The minimum atomic E-state index is -1.07. The molecule has 0 saturated carbocycles. The third kappa shape index (κ3) is 5.89. The molecule has 0 saturated heterocycles. The van der Waals surface area contributed by atoms with Gasteiger partial charge in [-0.2, -0.15) is 0 Å². The molecule has 4 heteroatoms. The van der Waals surface area contributed by atoms with Gasteiger partial charge in [0, 0.05) is 11.1 Å². The van der Waals surface area contributed by atoms with E-state index in [0.717, 1.165) is 17.9 Å². The van der Waals surface area contributed by atoms with E-state index in [4.69, 9.17) is 11.6 Å². The molecule has 2 nitrogen and oxygen atoms in total. The molecule has 0 heterocycles. The summed E-state index contributed by atoms with van der Waals surface area (Å²) >= 11 is 5.87. The average Bonchev–Trinajstić information content (AvgIpc) is 2.31. The van der Waals surface area contributed by atoms with Gasteiger partial charge in [0.15, 0.2) is 0 Å². The molecule has 2 atom stereocenters. The summed E-state index contributed by atoms with van der Waals surface area (Å²) in [7, 11) is -1.07. The molecule has 0 bridgehead atoms. The minimum absolute atomic E-state index is 0.124. The van der Waals surface area contributed by atoms with E-state index in [9.17, 15) is 4.21 Å². The molecule has 106 valence electrons. The molecule has 1 aromatic rings. The first-order valence-corrected chi connectivity index (χ1v) is 7.89. The van der Waals surface area contributed by atoms with Gasteiger partial charge >= 0.3 is 0 Å².